The Morgan fingerprint density at radius 3 is 2.72 bits per heavy atom. The van der Waals surface area contributed by atoms with Crippen molar-refractivity contribution in [2.24, 2.45) is 0 Å². The lowest BCUT2D eigenvalue weighted by Gasteiger charge is -2.12. The molecule has 0 aliphatic heterocycles. The smallest absolute Gasteiger partial charge is 0.338 e. The Morgan fingerprint density at radius 2 is 2.17 bits per heavy atom. The van der Waals surface area contributed by atoms with E-state index in [1.165, 1.54) is 18.2 Å². The van der Waals surface area contributed by atoms with Gasteiger partial charge in [-0.05, 0) is 25.0 Å². The molecule has 0 fully saturated rings. The number of rotatable bonds is 6. The highest BCUT2D eigenvalue weighted by Gasteiger charge is 2.20. The van der Waals surface area contributed by atoms with Crippen LogP contribution in [0.4, 0.5) is 8.78 Å². The van der Waals surface area contributed by atoms with Gasteiger partial charge in [-0.1, -0.05) is 12.1 Å². The summed E-state index contributed by atoms with van der Waals surface area (Å²) in [6.07, 6.45) is -1.84. The molecule has 0 bridgehead atoms. The summed E-state index contributed by atoms with van der Waals surface area (Å²) < 4.78 is 30.5. The van der Waals surface area contributed by atoms with Gasteiger partial charge in [0.05, 0.1) is 12.2 Å². The Hall–Kier alpha value is -1.78. The van der Waals surface area contributed by atoms with Gasteiger partial charge in [-0.2, -0.15) is 0 Å². The van der Waals surface area contributed by atoms with Crippen LogP contribution in [0.25, 0.3) is 0 Å². The first-order chi connectivity index (χ1) is 8.61. The third-order valence-electron chi connectivity index (χ3n) is 2.45. The third kappa shape index (κ3) is 3.35. The van der Waals surface area contributed by atoms with Crippen molar-refractivity contribution in [2.45, 2.75) is 26.2 Å². The van der Waals surface area contributed by atoms with E-state index >= 15 is 0 Å². The van der Waals surface area contributed by atoms with E-state index in [4.69, 9.17) is 4.74 Å². The highest BCUT2D eigenvalue weighted by molar-refractivity contribution is 5.91. The van der Waals surface area contributed by atoms with Crippen molar-refractivity contribution in [1.29, 1.82) is 0 Å². The standard InChI is InChI=1S/C13H14F2O3/c1-2-18-13(17)11-6-3-5-10(12(14)15)9(11)7-4-8-16/h3,5-6,8,12H,2,4,7H2,1H3. The molecule has 0 aliphatic rings. The molecule has 0 aromatic heterocycles. The first-order valence-electron chi connectivity index (χ1n) is 5.62. The molecule has 1 aromatic rings. The minimum absolute atomic E-state index is 0.0934. The molecule has 0 heterocycles. The van der Waals surface area contributed by atoms with Crippen molar-refractivity contribution < 1.29 is 23.1 Å². The molecule has 0 saturated heterocycles. The number of esters is 1. The van der Waals surface area contributed by atoms with Crippen LogP contribution in [0, 0.1) is 0 Å². The molecule has 18 heavy (non-hydrogen) atoms. The molecule has 0 spiro atoms. The molecule has 0 unspecified atom stereocenters. The molecule has 5 heteroatoms. The van der Waals surface area contributed by atoms with E-state index in [9.17, 15) is 18.4 Å². The summed E-state index contributed by atoms with van der Waals surface area (Å²) in [5.74, 6) is -0.638. The van der Waals surface area contributed by atoms with Crippen molar-refractivity contribution in [2.75, 3.05) is 6.61 Å². The zero-order chi connectivity index (χ0) is 13.5. The molecule has 0 radical (unpaired) electrons. The molecule has 98 valence electrons. The van der Waals surface area contributed by atoms with Gasteiger partial charge in [-0.3, -0.25) is 0 Å². The fraction of sp³-hybridized carbons (Fsp3) is 0.385. The summed E-state index contributed by atoms with van der Waals surface area (Å²) in [6.45, 7) is 1.81. The minimum atomic E-state index is -2.68. The highest BCUT2D eigenvalue weighted by Crippen LogP contribution is 2.27. The van der Waals surface area contributed by atoms with Crippen molar-refractivity contribution in [1.82, 2.24) is 0 Å². The second kappa shape index (κ2) is 6.83. The zero-order valence-electron chi connectivity index (χ0n) is 9.99. The summed E-state index contributed by atoms with van der Waals surface area (Å²) in [7, 11) is 0. The first-order valence-corrected chi connectivity index (χ1v) is 5.62. The van der Waals surface area contributed by atoms with E-state index in [-0.39, 0.29) is 36.1 Å². The highest BCUT2D eigenvalue weighted by atomic mass is 19.3. The fourth-order valence-electron chi connectivity index (χ4n) is 1.69. The van der Waals surface area contributed by atoms with Crippen LogP contribution in [0.3, 0.4) is 0 Å². The Kier molecular flexibility index (Phi) is 5.42. The van der Waals surface area contributed by atoms with Crippen molar-refractivity contribution in [3.05, 3.63) is 34.9 Å². The van der Waals surface area contributed by atoms with Gasteiger partial charge >= 0.3 is 5.97 Å². The summed E-state index contributed by atoms with van der Waals surface area (Å²) in [5, 5.41) is 0. The molecular weight excluding hydrogens is 242 g/mol. The molecule has 0 amide bonds. The van der Waals surface area contributed by atoms with Crippen LogP contribution in [0.15, 0.2) is 18.2 Å². The SMILES string of the molecule is CCOC(=O)c1cccc(C(F)F)c1CCC=O. The van der Waals surface area contributed by atoms with E-state index in [1.54, 1.807) is 6.92 Å². The maximum absolute atomic E-state index is 12.8. The normalized spacial score (nSPS) is 10.4. The fourth-order valence-corrected chi connectivity index (χ4v) is 1.69. The van der Waals surface area contributed by atoms with Gasteiger partial charge < -0.3 is 9.53 Å². The largest absolute Gasteiger partial charge is 0.462 e. The third-order valence-corrected chi connectivity index (χ3v) is 2.45. The van der Waals surface area contributed by atoms with Crippen LogP contribution < -0.4 is 0 Å². The van der Waals surface area contributed by atoms with Gasteiger partial charge in [0.15, 0.2) is 0 Å². The Morgan fingerprint density at radius 1 is 1.44 bits per heavy atom. The molecule has 0 saturated carbocycles. The predicted octanol–water partition coefficient (Wildman–Crippen LogP) is 2.93. The average Bonchev–Trinajstić information content (AvgIpc) is 2.36. The summed E-state index contributed by atoms with van der Waals surface area (Å²) >= 11 is 0. The van der Waals surface area contributed by atoms with Gasteiger partial charge in [0.2, 0.25) is 0 Å². The van der Waals surface area contributed by atoms with Crippen LogP contribution >= 0.6 is 0 Å². The number of hydrogen-bond donors (Lipinski definition) is 0. The lowest BCUT2D eigenvalue weighted by Crippen LogP contribution is -2.10. The molecule has 1 aromatic carbocycles. The van der Waals surface area contributed by atoms with Crippen molar-refractivity contribution in [3.8, 4) is 0 Å². The molecule has 0 atom stereocenters. The van der Waals surface area contributed by atoms with E-state index < -0.39 is 12.4 Å². The second-order valence-electron chi connectivity index (χ2n) is 3.60. The lowest BCUT2D eigenvalue weighted by atomic mass is 9.97. The quantitative estimate of drug-likeness (QED) is 0.580. The zero-order valence-corrected chi connectivity index (χ0v) is 9.99. The number of aldehydes is 1. The van der Waals surface area contributed by atoms with E-state index in [0.29, 0.717) is 6.29 Å². The van der Waals surface area contributed by atoms with Crippen LogP contribution in [0.1, 0.15) is 41.3 Å². The lowest BCUT2D eigenvalue weighted by molar-refractivity contribution is -0.107. The summed E-state index contributed by atoms with van der Waals surface area (Å²) in [6, 6.07) is 4.08. The average molecular weight is 256 g/mol. The molecule has 1 rings (SSSR count). The van der Waals surface area contributed by atoms with Crippen LogP contribution in [0.2, 0.25) is 0 Å². The number of carbonyl (C=O) groups excluding carboxylic acids is 2. The molecule has 0 aliphatic carbocycles. The number of carbonyl (C=O) groups is 2. The van der Waals surface area contributed by atoms with Crippen LogP contribution in [0.5, 0.6) is 0 Å². The topological polar surface area (TPSA) is 43.4 Å². The van der Waals surface area contributed by atoms with Gasteiger partial charge in [0, 0.05) is 12.0 Å². The second-order valence-corrected chi connectivity index (χ2v) is 3.60. The van der Waals surface area contributed by atoms with E-state index in [0.717, 1.165) is 0 Å². The van der Waals surface area contributed by atoms with Crippen molar-refractivity contribution >= 4 is 12.3 Å². The maximum atomic E-state index is 12.8. The molecular formula is C13H14F2O3. The Labute approximate surface area is 104 Å². The van der Waals surface area contributed by atoms with Gasteiger partial charge in [-0.15, -0.1) is 0 Å². The molecule has 3 nitrogen and oxygen atoms in total. The van der Waals surface area contributed by atoms with E-state index in [1.807, 2.05) is 0 Å². The monoisotopic (exact) mass is 256 g/mol. The van der Waals surface area contributed by atoms with Crippen LogP contribution in [-0.2, 0) is 16.0 Å². The predicted molar refractivity (Wildman–Crippen MR) is 61.7 cm³/mol. The van der Waals surface area contributed by atoms with Gasteiger partial charge in [0.1, 0.15) is 6.29 Å². The number of benzene rings is 1. The van der Waals surface area contributed by atoms with Crippen LogP contribution in [-0.4, -0.2) is 18.9 Å². The van der Waals surface area contributed by atoms with Crippen molar-refractivity contribution in [3.63, 3.8) is 0 Å². The molecule has 0 N–H and O–H groups in total. The summed E-state index contributed by atoms with van der Waals surface area (Å²) in [4.78, 5) is 22.0. The van der Waals surface area contributed by atoms with Gasteiger partial charge in [0.25, 0.3) is 6.43 Å². The number of alkyl halides is 2. The Bertz CT molecular complexity index is 430. The summed E-state index contributed by atoms with van der Waals surface area (Å²) in [5.41, 5.74) is 0.0805. The maximum Gasteiger partial charge on any atom is 0.338 e. The minimum Gasteiger partial charge on any atom is -0.462 e. The van der Waals surface area contributed by atoms with Gasteiger partial charge in [-0.25, -0.2) is 13.6 Å². The Balaban J connectivity index is 3.18. The number of ether oxygens (including phenoxy) is 1. The number of hydrogen-bond acceptors (Lipinski definition) is 3. The number of halogens is 2. The van der Waals surface area contributed by atoms with E-state index in [2.05, 4.69) is 0 Å². The first kappa shape index (κ1) is 14.3.